The van der Waals surface area contributed by atoms with Crippen molar-refractivity contribution in [1.29, 1.82) is 0 Å². The summed E-state index contributed by atoms with van der Waals surface area (Å²) in [4.78, 5) is 2.72. The molecule has 0 radical (unpaired) electrons. The molecule has 0 aromatic heterocycles. The van der Waals surface area contributed by atoms with Gasteiger partial charge >= 0.3 is 0 Å². The summed E-state index contributed by atoms with van der Waals surface area (Å²) >= 11 is 0. The highest BCUT2D eigenvalue weighted by atomic mass is 15.2. The lowest BCUT2D eigenvalue weighted by Gasteiger charge is -2.25. The maximum atomic E-state index is 2.72. The first-order chi connectivity index (χ1) is 4.79. The molecule has 1 nitrogen and oxygen atoms in total. The van der Waals surface area contributed by atoms with Crippen LogP contribution in [0.3, 0.4) is 0 Å². The summed E-state index contributed by atoms with van der Waals surface area (Å²) in [6, 6.07) is 2.72. The summed E-state index contributed by atoms with van der Waals surface area (Å²) in [6.07, 6.45) is 5.81. The molecular formula is C9H17N. The van der Waals surface area contributed by atoms with Crippen LogP contribution in [-0.4, -0.2) is 23.0 Å². The fraction of sp³-hybridized carbons (Fsp3) is 1.00. The summed E-state index contributed by atoms with van der Waals surface area (Å²) in [7, 11) is 0. The van der Waals surface area contributed by atoms with E-state index in [4.69, 9.17) is 0 Å². The Morgan fingerprint density at radius 3 is 1.80 bits per heavy atom. The minimum atomic E-state index is 0.877. The largest absolute Gasteiger partial charge is 0.295 e. The van der Waals surface area contributed by atoms with Crippen molar-refractivity contribution >= 4 is 0 Å². The van der Waals surface area contributed by atoms with Gasteiger partial charge in [0.1, 0.15) is 0 Å². The van der Waals surface area contributed by atoms with Gasteiger partial charge in [-0.2, -0.15) is 0 Å². The predicted octanol–water partition coefficient (Wildman–Crippen LogP) is 2.02. The molecule has 0 N–H and O–H groups in total. The third-order valence-electron chi connectivity index (χ3n) is 3.27. The Kier molecular flexibility index (Phi) is 1.48. The van der Waals surface area contributed by atoms with E-state index in [9.17, 15) is 0 Å². The Morgan fingerprint density at radius 2 is 1.40 bits per heavy atom. The molecule has 58 valence electrons. The van der Waals surface area contributed by atoms with Gasteiger partial charge in [0.15, 0.2) is 0 Å². The summed E-state index contributed by atoms with van der Waals surface area (Å²) in [5.74, 6) is 0. The van der Waals surface area contributed by atoms with Gasteiger partial charge in [0.05, 0.1) is 0 Å². The molecule has 0 spiro atoms. The first-order valence-electron chi connectivity index (χ1n) is 4.56. The molecule has 10 heavy (non-hydrogen) atoms. The molecule has 2 fully saturated rings. The van der Waals surface area contributed by atoms with Crippen molar-refractivity contribution in [3.63, 3.8) is 0 Å². The molecule has 2 rings (SSSR count). The summed E-state index contributed by atoms with van der Waals surface area (Å²) in [6.45, 7) is 4.75. The summed E-state index contributed by atoms with van der Waals surface area (Å²) < 4.78 is 0. The molecule has 0 aromatic rings. The Hall–Kier alpha value is -0.0400. The maximum absolute atomic E-state index is 2.72. The Labute approximate surface area is 63.4 Å². The van der Waals surface area contributed by atoms with Crippen LogP contribution in [-0.2, 0) is 0 Å². The van der Waals surface area contributed by atoms with Crippen LogP contribution in [0.25, 0.3) is 0 Å². The highest BCUT2D eigenvalue weighted by Crippen LogP contribution is 2.35. The second-order valence-electron chi connectivity index (χ2n) is 3.95. The van der Waals surface area contributed by atoms with E-state index in [-0.39, 0.29) is 0 Å². The highest BCUT2D eigenvalue weighted by Gasteiger charge is 2.38. The fourth-order valence-electron chi connectivity index (χ4n) is 2.76. The van der Waals surface area contributed by atoms with E-state index in [0.29, 0.717) is 0 Å². The average Bonchev–Trinajstić information content (AvgIpc) is 2.40. The zero-order valence-corrected chi connectivity index (χ0v) is 7.01. The van der Waals surface area contributed by atoms with E-state index < -0.39 is 0 Å². The van der Waals surface area contributed by atoms with Crippen LogP contribution in [0.5, 0.6) is 0 Å². The van der Waals surface area contributed by atoms with Gasteiger partial charge in [0, 0.05) is 18.1 Å². The first-order valence-corrected chi connectivity index (χ1v) is 4.56. The topological polar surface area (TPSA) is 3.24 Å². The lowest BCUT2D eigenvalue weighted by Crippen LogP contribution is -2.34. The summed E-state index contributed by atoms with van der Waals surface area (Å²) in [5, 5.41) is 0. The standard InChI is InChI=1S/C9H17N/c1-7-3-5-9-6-4-8(2)10(7)9/h7-9H,3-6H2,1-2H3/t7-,8-/m1/s1. The number of fused-ring (bicyclic) bond motifs is 1. The van der Waals surface area contributed by atoms with Gasteiger partial charge in [0.25, 0.3) is 0 Å². The van der Waals surface area contributed by atoms with E-state index in [0.717, 1.165) is 18.1 Å². The highest BCUT2D eigenvalue weighted by molar-refractivity contribution is 4.93. The molecular weight excluding hydrogens is 122 g/mol. The van der Waals surface area contributed by atoms with Crippen LogP contribution in [0, 0.1) is 0 Å². The molecule has 2 atom stereocenters. The molecule has 0 aromatic carbocycles. The van der Waals surface area contributed by atoms with Crippen molar-refractivity contribution in [3.8, 4) is 0 Å². The first kappa shape index (κ1) is 6.66. The smallest absolute Gasteiger partial charge is 0.0102 e. The number of rotatable bonds is 0. The van der Waals surface area contributed by atoms with Gasteiger partial charge in [-0.3, -0.25) is 4.90 Å². The van der Waals surface area contributed by atoms with Crippen LogP contribution in [0.1, 0.15) is 39.5 Å². The van der Waals surface area contributed by atoms with Gasteiger partial charge in [-0.25, -0.2) is 0 Å². The minimum absolute atomic E-state index is 0.877. The Bertz CT molecular complexity index is 119. The molecule has 2 heterocycles. The predicted molar refractivity (Wildman–Crippen MR) is 43.0 cm³/mol. The SMILES string of the molecule is C[C@@H]1CCC2CC[C@@H](C)N21. The van der Waals surface area contributed by atoms with E-state index in [2.05, 4.69) is 18.7 Å². The molecule has 0 aliphatic carbocycles. The molecule has 2 saturated heterocycles. The minimum Gasteiger partial charge on any atom is -0.295 e. The second-order valence-corrected chi connectivity index (χ2v) is 3.95. The van der Waals surface area contributed by atoms with Crippen molar-refractivity contribution in [2.24, 2.45) is 0 Å². The van der Waals surface area contributed by atoms with Crippen molar-refractivity contribution in [2.75, 3.05) is 0 Å². The van der Waals surface area contributed by atoms with Crippen LogP contribution in [0.2, 0.25) is 0 Å². The van der Waals surface area contributed by atoms with Crippen molar-refractivity contribution < 1.29 is 0 Å². The third-order valence-corrected chi connectivity index (χ3v) is 3.27. The lowest BCUT2D eigenvalue weighted by atomic mass is 10.1. The number of nitrogens with zero attached hydrogens (tertiary/aromatic N) is 1. The Morgan fingerprint density at radius 1 is 0.900 bits per heavy atom. The summed E-state index contributed by atoms with van der Waals surface area (Å²) in [5.41, 5.74) is 0. The van der Waals surface area contributed by atoms with Gasteiger partial charge in [-0.1, -0.05) is 0 Å². The van der Waals surface area contributed by atoms with Crippen LogP contribution >= 0.6 is 0 Å². The van der Waals surface area contributed by atoms with E-state index in [1.165, 1.54) is 25.7 Å². The van der Waals surface area contributed by atoms with Gasteiger partial charge in [-0.05, 0) is 39.5 Å². The van der Waals surface area contributed by atoms with Crippen LogP contribution in [0.15, 0.2) is 0 Å². The normalized spacial score (nSPS) is 42.6. The lowest BCUT2D eigenvalue weighted by molar-refractivity contribution is 0.203. The van der Waals surface area contributed by atoms with E-state index in [1.807, 2.05) is 0 Å². The second kappa shape index (κ2) is 2.23. The van der Waals surface area contributed by atoms with Gasteiger partial charge in [0.2, 0.25) is 0 Å². The van der Waals surface area contributed by atoms with Gasteiger partial charge < -0.3 is 0 Å². The number of hydrogen-bond acceptors (Lipinski definition) is 1. The Balaban J connectivity index is 2.11. The molecule has 2 aliphatic heterocycles. The van der Waals surface area contributed by atoms with Crippen LogP contribution < -0.4 is 0 Å². The van der Waals surface area contributed by atoms with Crippen molar-refractivity contribution in [3.05, 3.63) is 0 Å². The van der Waals surface area contributed by atoms with E-state index >= 15 is 0 Å². The van der Waals surface area contributed by atoms with Gasteiger partial charge in [-0.15, -0.1) is 0 Å². The van der Waals surface area contributed by atoms with Crippen molar-refractivity contribution in [1.82, 2.24) is 4.90 Å². The molecule has 1 heteroatoms. The molecule has 0 unspecified atom stereocenters. The molecule has 0 amide bonds. The van der Waals surface area contributed by atoms with E-state index in [1.54, 1.807) is 0 Å². The molecule has 0 bridgehead atoms. The zero-order valence-electron chi connectivity index (χ0n) is 7.01. The third kappa shape index (κ3) is 0.800. The molecule has 2 aliphatic rings. The quantitative estimate of drug-likeness (QED) is 0.496. The zero-order chi connectivity index (χ0) is 7.14. The number of hydrogen-bond donors (Lipinski definition) is 0. The average molecular weight is 139 g/mol. The molecule has 0 saturated carbocycles. The van der Waals surface area contributed by atoms with Crippen LogP contribution in [0.4, 0.5) is 0 Å². The monoisotopic (exact) mass is 139 g/mol. The fourth-order valence-corrected chi connectivity index (χ4v) is 2.76. The maximum Gasteiger partial charge on any atom is 0.0102 e. The van der Waals surface area contributed by atoms with Crippen molar-refractivity contribution in [2.45, 2.75) is 57.7 Å².